The number of nitrogens with one attached hydrogen (secondary N) is 2. The molecular weight excluding hydrogens is 452 g/mol. The Balaban J connectivity index is 1.39. The van der Waals surface area contributed by atoms with E-state index in [2.05, 4.69) is 38.3 Å². The molecule has 0 aliphatic carbocycles. The van der Waals surface area contributed by atoms with Crippen LogP contribution in [0.5, 0.6) is 11.5 Å². The number of hydrogen-bond donors (Lipinski definition) is 2. The summed E-state index contributed by atoms with van der Waals surface area (Å²) < 4.78 is 11.1. The molecule has 0 spiro atoms. The summed E-state index contributed by atoms with van der Waals surface area (Å²) in [6.45, 7) is 10.0. The van der Waals surface area contributed by atoms with Crippen LogP contribution in [-0.2, 0) is 9.59 Å². The molecule has 0 fully saturated rings. The van der Waals surface area contributed by atoms with Gasteiger partial charge in [-0.1, -0.05) is 77.6 Å². The fourth-order valence-corrected chi connectivity index (χ4v) is 3.71. The molecule has 2 rings (SSSR count). The molecule has 0 saturated carbocycles. The number of amides is 2. The second-order valence-electron chi connectivity index (χ2n) is 9.85. The molecule has 0 unspecified atom stereocenters. The molecule has 6 nitrogen and oxygen atoms in total. The lowest BCUT2D eigenvalue weighted by Gasteiger charge is -2.10. The summed E-state index contributed by atoms with van der Waals surface area (Å²) in [5, 5.41) is 5.83. The lowest BCUT2D eigenvalue weighted by Crippen LogP contribution is -2.29. The van der Waals surface area contributed by atoms with Gasteiger partial charge in [0.25, 0.3) is 11.8 Å². The maximum Gasteiger partial charge on any atom is 0.257 e. The van der Waals surface area contributed by atoms with Crippen molar-refractivity contribution < 1.29 is 19.1 Å². The first-order chi connectivity index (χ1) is 17.3. The largest absolute Gasteiger partial charge is 0.484 e. The van der Waals surface area contributed by atoms with E-state index in [0.29, 0.717) is 24.9 Å². The smallest absolute Gasteiger partial charge is 0.257 e. The zero-order valence-corrected chi connectivity index (χ0v) is 22.5. The summed E-state index contributed by atoms with van der Waals surface area (Å²) in [6, 6.07) is 15.8. The van der Waals surface area contributed by atoms with E-state index in [-0.39, 0.29) is 25.0 Å². The van der Waals surface area contributed by atoms with E-state index < -0.39 is 0 Å². The molecular formula is C30H44N2O4. The number of hydrogen-bond acceptors (Lipinski definition) is 4. The summed E-state index contributed by atoms with van der Waals surface area (Å²) in [4.78, 5) is 23.9. The van der Waals surface area contributed by atoms with E-state index in [1.165, 1.54) is 11.1 Å². The number of ether oxygens (including phenoxy) is 2. The van der Waals surface area contributed by atoms with Gasteiger partial charge >= 0.3 is 0 Å². The second-order valence-corrected chi connectivity index (χ2v) is 9.85. The minimum Gasteiger partial charge on any atom is -0.484 e. The standard InChI is InChI=1S/C30H44N2O4/c1-23(2)25-11-15-27(16-12-25)35-21-29(33)31-19-9-7-5-6-8-10-20-32-30(34)22-36-28-17-13-26(14-18-28)24(3)4/h11-18,23-24H,5-10,19-22H2,1-4H3,(H,31,33)(H,32,34). The van der Waals surface area contributed by atoms with E-state index in [0.717, 1.165) is 50.0 Å². The second kappa shape index (κ2) is 16.6. The molecule has 0 atom stereocenters. The Kier molecular flexibility index (Phi) is 13.5. The molecule has 0 aromatic heterocycles. The monoisotopic (exact) mass is 496 g/mol. The summed E-state index contributed by atoms with van der Waals surface area (Å²) in [5.74, 6) is 2.22. The Morgan fingerprint density at radius 2 is 0.917 bits per heavy atom. The van der Waals surface area contributed by atoms with Crippen LogP contribution in [0, 0.1) is 0 Å². The first-order valence-corrected chi connectivity index (χ1v) is 13.3. The maximum absolute atomic E-state index is 11.9. The number of rotatable bonds is 17. The highest BCUT2D eigenvalue weighted by Crippen LogP contribution is 2.19. The molecule has 0 bridgehead atoms. The van der Waals surface area contributed by atoms with Crippen LogP contribution in [0.4, 0.5) is 0 Å². The highest BCUT2D eigenvalue weighted by Gasteiger charge is 2.05. The third-order valence-corrected chi connectivity index (χ3v) is 6.08. The summed E-state index contributed by atoms with van der Waals surface area (Å²) in [5.41, 5.74) is 2.51. The van der Waals surface area contributed by atoms with Gasteiger partial charge in [0.2, 0.25) is 0 Å². The van der Waals surface area contributed by atoms with Gasteiger partial charge in [-0.2, -0.15) is 0 Å². The molecule has 2 aromatic rings. The van der Waals surface area contributed by atoms with Crippen molar-refractivity contribution in [1.29, 1.82) is 0 Å². The zero-order chi connectivity index (χ0) is 26.2. The Hall–Kier alpha value is -3.02. The third-order valence-electron chi connectivity index (χ3n) is 6.08. The Morgan fingerprint density at radius 3 is 1.25 bits per heavy atom. The Labute approximate surface area is 217 Å². The van der Waals surface area contributed by atoms with Crippen molar-refractivity contribution in [1.82, 2.24) is 10.6 Å². The number of benzene rings is 2. The topological polar surface area (TPSA) is 76.7 Å². The molecule has 0 aliphatic rings. The van der Waals surface area contributed by atoms with Gasteiger partial charge in [0, 0.05) is 13.1 Å². The minimum atomic E-state index is -0.0878. The lowest BCUT2D eigenvalue weighted by atomic mass is 10.0. The van der Waals surface area contributed by atoms with Crippen molar-refractivity contribution in [3.63, 3.8) is 0 Å². The van der Waals surface area contributed by atoms with Gasteiger partial charge in [-0.15, -0.1) is 0 Å². The van der Waals surface area contributed by atoms with Gasteiger partial charge in [0.1, 0.15) is 11.5 Å². The molecule has 0 heterocycles. The van der Waals surface area contributed by atoms with E-state index in [1.807, 2.05) is 48.5 Å². The zero-order valence-electron chi connectivity index (χ0n) is 22.5. The Bertz CT molecular complexity index is 817. The maximum atomic E-state index is 11.9. The molecule has 2 N–H and O–H groups in total. The van der Waals surface area contributed by atoms with Crippen molar-refractivity contribution >= 4 is 11.8 Å². The molecule has 198 valence electrons. The molecule has 0 radical (unpaired) electrons. The fraction of sp³-hybridized carbons (Fsp3) is 0.533. The van der Waals surface area contributed by atoms with Crippen LogP contribution in [0.1, 0.15) is 89.2 Å². The number of carbonyl (C=O) groups excluding carboxylic acids is 2. The predicted octanol–water partition coefficient (Wildman–Crippen LogP) is 5.96. The SMILES string of the molecule is CC(C)c1ccc(OCC(=O)NCCCCCCCCNC(=O)COc2ccc(C(C)C)cc2)cc1. The average molecular weight is 497 g/mol. The molecule has 0 aliphatic heterocycles. The van der Waals surface area contributed by atoms with Crippen molar-refractivity contribution in [3.8, 4) is 11.5 Å². The van der Waals surface area contributed by atoms with Gasteiger partial charge in [0.05, 0.1) is 0 Å². The average Bonchev–Trinajstić information content (AvgIpc) is 2.87. The molecule has 2 amide bonds. The highest BCUT2D eigenvalue weighted by molar-refractivity contribution is 5.77. The van der Waals surface area contributed by atoms with Crippen molar-refractivity contribution in [2.24, 2.45) is 0 Å². The van der Waals surface area contributed by atoms with Gasteiger partial charge in [-0.05, 0) is 60.1 Å². The third kappa shape index (κ3) is 12.1. The van der Waals surface area contributed by atoms with Gasteiger partial charge in [0.15, 0.2) is 13.2 Å². The van der Waals surface area contributed by atoms with Crippen molar-refractivity contribution in [2.45, 2.75) is 78.1 Å². The van der Waals surface area contributed by atoms with Crippen LogP contribution >= 0.6 is 0 Å². The van der Waals surface area contributed by atoms with E-state index in [1.54, 1.807) is 0 Å². The normalized spacial score (nSPS) is 10.9. The minimum absolute atomic E-state index is 0.0438. The predicted molar refractivity (Wildman–Crippen MR) is 146 cm³/mol. The Morgan fingerprint density at radius 1 is 0.583 bits per heavy atom. The first kappa shape index (κ1) is 29.2. The van der Waals surface area contributed by atoms with Crippen LogP contribution < -0.4 is 20.1 Å². The van der Waals surface area contributed by atoms with Crippen LogP contribution in [0.3, 0.4) is 0 Å². The van der Waals surface area contributed by atoms with Crippen LogP contribution in [0.2, 0.25) is 0 Å². The number of unbranched alkanes of at least 4 members (excludes halogenated alkanes) is 5. The van der Waals surface area contributed by atoms with Gasteiger partial charge < -0.3 is 20.1 Å². The summed E-state index contributed by atoms with van der Waals surface area (Å²) in [7, 11) is 0. The number of carbonyl (C=O) groups is 2. The quantitative estimate of drug-likeness (QED) is 0.265. The molecule has 2 aromatic carbocycles. The fourth-order valence-electron chi connectivity index (χ4n) is 3.71. The van der Waals surface area contributed by atoms with Crippen molar-refractivity contribution in [2.75, 3.05) is 26.3 Å². The summed E-state index contributed by atoms with van der Waals surface area (Å²) in [6.07, 6.45) is 6.32. The molecule has 36 heavy (non-hydrogen) atoms. The van der Waals surface area contributed by atoms with E-state index in [9.17, 15) is 9.59 Å². The van der Waals surface area contributed by atoms with Gasteiger partial charge in [-0.25, -0.2) is 0 Å². The highest BCUT2D eigenvalue weighted by atomic mass is 16.5. The molecule has 6 heteroatoms. The van der Waals surface area contributed by atoms with Crippen LogP contribution in [0.15, 0.2) is 48.5 Å². The molecule has 0 saturated heterocycles. The van der Waals surface area contributed by atoms with E-state index in [4.69, 9.17) is 9.47 Å². The summed E-state index contributed by atoms with van der Waals surface area (Å²) >= 11 is 0. The van der Waals surface area contributed by atoms with Crippen LogP contribution in [0.25, 0.3) is 0 Å². The van der Waals surface area contributed by atoms with Crippen LogP contribution in [-0.4, -0.2) is 38.1 Å². The van der Waals surface area contributed by atoms with Gasteiger partial charge in [-0.3, -0.25) is 9.59 Å². The first-order valence-electron chi connectivity index (χ1n) is 13.3. The van der Waals surface area contributed by atoms with E-state index >= 15 is 0 Å². The van der Waals surface area contributed by atoms with Crippen molar-refractivity contribution in [3.05, 3.63) is 59.7 Å². The lowest BCUT2D eigenvalue weighted by molar-refractivity contribution is -0.123.